The first kappa shape index (κ1) is 58.2. The van der Waals surface area contributed by atoms with E-state index in [0.717, 1.165) is 77.0 Å². The molecule has 0 aromatic carbocycles. The van der Waals surface area contributed by atoms with Crippen LogP contribution in [0.1, 0.15) is 206 Å². The first-order valence-electron chi connectivity index (χ1n) is 24.3. The number of ether oxygens (including phenoxy) is 2. The molecule has 9 nitrogen and oxygen atoms in total. The largest absolute Gasteiger partial charge is 0.472 e. The molecule has 0 saturated heterocycles. The normalized spacial score (nSPS) is 14.4. The van der Waals surface area contributed by atoms with Crippen LogP contribution in [0, 0.1) is 0 Å². The third-order valence-corrected chi connectivity index (χ3v) is 11.1. The molecule has 0 saturated carbocycles. The number of carbonyl (C=O) groups excluding carboxylic acids is 1. The minimum Gasteiger partial charge on any atom is -0.457 e. The van der Waals surface area contributed by atoms with E-state index < -0.39 is 39.2 Å². The van der Waals surface area contributed by atoms with Crippen LogP contribution in [0.3, 0.4) is 0 Å². The summed E-state index contributed by atoms with van der Waals surface area (Å²) in [6, 6.07) is 0. The fourth-order valence-corrected chi connectivity index (χ4v) is 7.24. The Balaban J connectivity index is 4.15. The highest BCUT2D eigenvalue weighted by molar-refractivity contribution is 7.47. The van der Waals surface area contributed by atoms with Gasteiger partial charge in [0.05, 0.1) is 26.4 Å². The monoisotopic (exact) mass is 867 g/mol. The van der Waals surface area contributed by atoms with Gasteiger partial charge in [-0.25, -0.2) is 4.57 Å². The van der Waals surface area contributed by atoms with Crippen molar-refractivity contribution >= 4 is 13.8 Å². The lowest BCUT2D eigenvalue weighted by atomic mass is 10.1. The summed E-state index contributed by atoms with van der Waals surface area (Å²) in [5.41, 5.74) is 0. The maximum Gasteiger partial charge on any atom is 0.472 e. The summed E-state index contributed by atoms with van der Waals surface area (Å²) >= 11 is 0. The van der Waals surface area contributed by atoms with Gasteiger partial charge in [-0.05, 0) is 83.5 Å². The number of aliphatic hydroxyl groups excluding tert-OH is 2. The number of unbranched alkanes of at least 4 members (excludes halogenated alkanes) is 22. The van der Waals surface area contributed by atoms with Gasteiger partial charge in [-0.3, -0.25) is 13.8 Å². The standard InChI is InChI=1S/C50H91O9P/c1-3-5-7-9-11-13-15-17-19-21-23-25-27-29-31-33-35-37-39-41-43-56-46-49(47-58-60(54,55)57-45-48(52)44-51)59-50(53)42-40-38-36-34-32-30-28-26-24-22-20-18-16-14-12-10-8-6-4-2/h11-14,17-20,23,25,48-49,51-52H,3-10,15-16,21-22,24,26-47H2,1-2H3,(H,54,55)/b13-11-,14-12-,19-17-,20-18-,25-23-. The first-order chi connectivity index (χ1) is 29.3. The van der Waals surface area contributed by atoms with Crippen molar-refractivity contribution < 1.29 is 43.0 Å². The molecule has 3 atom stereocenters. The molecule has 0 spiro atoms. The highest BCUT2D eigenvalue weighted by atomic mass is 31.2. The first-order valence-corrected chi connectivity index (χ1v) is 25.8. The summed E-state index contributed by atoms with van der Waals surface area (Å²) in [6.07, 6.45) is 54.6. The van der Waals surface area contributed by atoms with Crippen molar-refractivity contribution in [2.24, 2.45) is 0 Å². The van der Waals surface area contributed by atoms with E-state index in [1.165, 1.54) is 109 Å². The van der Waals surface area contributed by atoms with Crippen LogP contribution < -0.4 is 0 Å². The highest BCUT2D eigenvalue weighted by Crippen LogP contribution is 2.43. The second kappa shape index (κ2) is 46.7. The molecule has 0 aliphatic heterocycles. The number of esters is 1. The van der Waals surface area contributed by atoms with Gasteiger partial charge in [0, 0.05) is 13.0 Å². The fraction of sp³-hybridized carbons (Fsp3) is 0.780. The molecule has 0 aromatic heterocycles. The second-order valence-corrected chi connectivity index (χ2v) is 17.6. The lowest BCUT2D eigenvalue weighted by molar-refractivity contribution is -0.154. The molecule has 0 amide bonds. The Morgan fingerprint density at radius 1 is 0.517 bits per heavy atom. The van der Waals surface area contributed by atoms with Crippen molar-refractivity contribution in [1.29, 1.82) is 0 Å². The zero-order chi connectivity index (χ0) is 43.9. The molecule has 0 rings (SSSR count). The van der Waals surface area contributed by atoms with Crippen LogP contribution in [0.25, 0.3) is 0 Å². The van der Waals surface area contributed by atoms with Gasteiger partial charge in [-0.15, -0.1) is 0 Å². The summed E-state index contributed by atoms with van der Waals surface area (Å²) in [6.45, 7) is 3.45. The summed E-state index contributed by atoms with van der Waals surface area (Å²) < 4.78 is 33.5. The van der Waals surface area contributed by atoms with E-state index in [4.69, 9.17) is 23.6 Å². The number of rotatable bonds is 46. The topological polar surface area (TPSA) is 132 Å². The molecule has 0 fully saturated rings. The van der Waals surface area contributed by atoms with Crippen LogP contribution in [-0.4, -0.2) is 66.3 Å². The van der Waals surface area contributed by atoms with Crippen LogP contribution in [0.4, 0.5) is 0 Å². The zero-order valence-electron chi connectivity index (χ0n) is 38.4. The molecular weight excluding hydrogens is 776 g/mol. The number of aliphatic hydroxyl groups is 2. The predicted molar refractivity (Wildman–Crippen MR) is 251 cm³/mol. The Kier molecular flexibility index (Phi) is 45.2. The Bertz CT molecular complexity index is 1120. The number of phosphoric ester groups is 1. The quantitative estimate of drug-likeness (QED) is 0.0237. The van der Waals surface area contributed by atoms with Gasteiger partial charge in [0.25, 0.3) is 0 Å². The molecule has 350 valence electrons. The van der Waals surface area contributed by atoms with Crippen molar-refractivity contribution in [3.8, 4) is 0 Å². The van der Waals surface area contributed by atoms with Crippen LogP contribution >= 0.6 is 7.82 Å². The molecule has 3 N–H and O–H groups in total. The minimum absolute atomic E-state index is 0.0390. The smallest absolute Gasteiger partial charge is 0.457 e. The van der Waals surface area contributed by atoms with Crippen molar-refractivity contribution in [3.05, 3.63) is 60.8 Å². The van der Waals surface area contributed by atoms with E-state index in [2.05, 4.69) is 74.6 Å². The van der Waals surface area contributed by atoms with Crippen LogP contribution in [-0.2, 0) is 27.9 Å². The van der Waals surface area contributed by atoms with Gasteiger partial charge in [-0.1, -0.05) is 177 Å². The van der Waals surface area contributed by atoms with Gasteiger partial charge >= 0.3 is 13.8 Å². The number of hydrogen-bond donors (Lipinski definition) is 3. The van der Waals surface area contributed by atoms with E-state index in [-0.39, 0.29) is 19.6 Å². The van der Waals surface area contributed by atoms with Gasteiger partial charge in [0.2, 0.25) is 0 Å². The molecule has 0 aliphatic rings. The molecule has 0 aliphatic carbocycles. The van der Waals surface area contributed by atoms with Crippen molar-refractivity contribution in [3.63, 3.8) is 0 Å². The van der Waals surface area contributed by atoms with E-state index in [0.29, 0.717) is 6.61 Å². The molecule has 0 bridgehead atoms. The maximum absolute atomic E-state index is 12.7. The van der Waals surface area contributed by atoms with Gasteiger partial charge in [-0.2, -0.15) is 0 Å². The SMILES string of the molecule is CCCCC/C=C\C/C=C\C/C=C\CCCCCCCCCOCC(COP(=O)(O)OCC(O)CO)OC(=O)CCCCCCCCCCC/C=C\C/C=C\CCCCC. The molecule has 10 heteroatoms. The summed E-state index contributed by atoms with van der Waals surface area (Å²) in [5, 5.41) is 18.4. The van der Waals surface area contributed by atoms with Crippen LogP contribution in [0.2, 0.25) is 0 Å². The Morgan fingerprint density at radius 3 is 1.35 bits per heavy atom. The molecule has 3 unspecified atom stereocenters. The van der Waals surface area contributed by atoms with Crippen molar-refractivity contribution in [1.82, 2.24) is 0 Å². The molecule has 60 heavy (non-hydrogen) atoms. The summed E-state index contributed by atoms with van der Waals surface area (Å²) in [7, 11) is -4.53. The minimum atomic E-state index is -4.53. The Hall–Kier alpha value is -1.84. The second-order valence-electron chi connectivity index (χ2n) is 16.1. The summed E-state index contributed by atoms with van der Waals surface area (Å²) in [5.74, 6) is -0.391. The van der Waals surface area contributed by atoms with E-state index in [9.17, 15) is 19.4 Å². The van der Waals surface area contributed by atoms with E-state index in [1.54, 1.807) is 0 Å². The summed E-state index contributed by atoms with van der Waals surface area (Å²) in [4.78, 5) is 22.7. The van der Waals surface area contributed by atoms with Crippen LogP contribution in [0.15, 0.2) is 60.8 Å². The molecule has 0 aromatic rings. The third kappa shape index (κ3) is 45.7. The van der Waals surface area contributed by atoms with Crippen molar-refractivity contribution in [2.45, 2.75) is 219 Å². The third-order valence-electron chi connectivity index (χ3n) is 10.2. The molecule has 0 radical (unpaired) electrons. The molecule has 0 heterocycles. The lowest BCUT2D eigenvalue weighted by Crippen LogP contribution is -2.29. The van der Waals surface area contributed by atoms with Crippen molar-refractivity contribution in [2.75, 3.05) is 33.0 Å². The Labute approximate surface area is 368 Å². The number of allylic oxidation sites excluding steroid dienone is 10. The van der Waals surface area contributed by atoms with Gasteiger partial charge < -0.3 is 24.6 Å². The number of hydrogen-bond acceptors (Lipinski definition) is 8. The molecular formula is C50H91O9P. The lowest BCUT2D eigenvalue weighted by Gasteiger charge is -2.20. The zero-order valence-corrected chi connectivity index (χ0v) is 39.3. The number of phosphoric acid groups is 1. The average Bonchev–Trinajstić information content (AvgIpc) is 3.24. The highest BCUT2D eigenvalue weighted by Gasteiger charge is 2.26. The Morgan fingerprint density at radius 2 is 0.900 bits per heavy atom. The average molecular weight is 867 g/mol. The van der Waals surface area contributed by atoms with E-state index >= 15 is 0 Å². The van der Waals surface area contributed by atoms with Gasteiger partial charge in [0.15, 0.2) is 0 Å². The van der Waals surface area contributed by atoms with E-state index in [1.807, 2.05) is 0 Å². The van der Waals surface area contributed by atoms with Gasteiger partial charge in [0.1, 0.15) is 12.2 Å². The fourth-order valence-electron chi connectivity index (χ4n) is 6.45. The predicted octanol–water partition coefficient (Wildman–Crippen LogP) is 13.9. The number of carbonyl (C=O) groups is 1. The maximum atomic E-state index is 12.7. The van der Waals surface area contributed by atoms with Crippen LogP contribution in [0.5, 0.6) is 0 Å².